The molecule has 148 valence electrons. The smallest absolute Gasteiger partial charge is 0.246 e. The van der Waals surface area contributed by atoms with Gasteiger partial charge >= 0.3 is 0 Å². The van der Waals surface area contributed by atoms with Crippen LogP contribution in [0.1, 0.15) is 25.7 Å². The van der Waals surface area contributed by atoms with Crippen molar-refractivity contribution >= 4 is 15.9 Å². The quantitative estimate of drug-likeness (QED) is 0.786. The molecular weight excluding hydrogens is 371 g/mol. The summed E-state index contributed by atoms with van der Waals surface area (Å²) in [5.74, 6) is -0.424. The summed E-state index contributed by atoms with van der Waals surface area (Å²) in [4.78, 5) is 14.3. The van der Waals surface area contributed by atoms with Gasteiger partial charge in [0.25, 0.3) is 0 Å². The van der Waals surface area contributed by atoms with Gasteiger partial charge in [-0.2, -0.15) is 4.31 Å². The summed E-state index contributed by atoms with van der Waals surface area (Å²) in [6, 6.07) is 5.49. The number of carbonyl (C=O) groups is 1. The second-order valence-corrected chi connectivity index (χ2v) is 9.39. The standard InChI is InChI=1S/C18H25FN4O3S/c19-14-6-2-4-8-16(14)27(25,26)23-11-9-22(10-12-23)18(24)17-13-5-1-3-7-15(13)20-21-17/h2,4,6,8,13,15,17,20-21H,1,3,5,7,9-12H2. The predicted octanol–water partition coefficient (Wildman–Crippen LogP) is 0.694. The summed E-state index contributed by atoms with van der Waals surface area (Å²) < 4.78 is 40.6. The van der Waals surface area contributed by atoms with Gasteiger partial charge in [0.15, 0.2) is 0 Å². The molecule has 2 aliphatic heterocycles. The Balaban J connectivity index is 1.40. The molecule has 9 heteroatoms. The maximum atomic E-state index is 13.9. The van der Waals surface area contributed by atoms with Gasteiger partial charge in [-0.05, 0) is 25.0 Å². The SMILES string of the molecule is O=C(C1NNC2CCCCC21)N1CCN(S(=O)(=O)c2ccccc2F)CC1. The molecule has 3 unspecified atom stereocenters. The molecule has 1 aromatic carbocycles. The molecule has 3 fully saturated rings. The summed E-state index contributed by atoms with van der Waals surface area (Å²) in [5.41, 5.74) is 6.39. The first-order chi connectivity index (χ1) is 13.0. The van der Waals surface area contributed by atoms with Crippen molar-refractivity contribution in [2.75, 3.05) is 26.2 Å². The van der Waals surface area contributed by atoms with Crippen LogP contribution < -0.4 is 10.9 Å². The molecule has 1 amide bonds. The molecule has 27 heavy (non-hydrogen) atoms. The lowest BCUT2D eigenvalue weighted by Gasteiger charge is -2.36. The minimum absolute atomic E-state index is 0.0276. The van der Waals surface area contributed by atoms with E-state index in [0.717, 1.165) is 25.3 Å². The molecule has 3 atom stereocenters. The second-order valence-electron chi connectivity index (χ2n) is 7.48. The van der Waals surface area contributed by atoms with E-state index in [4.69, 9.17) is 0 Å². The van der Waals surface area contributed by atoms with E-state index in [1.54, 1.807) is 4.90 Å². The number of piperazine rings is 1. The van der Waals surface area contributed by atoms with Gasteiger partial charge in [0, 0.05) is 38.1 Å². The van der Waals surface area contributed by atoms with E-state index in [9.17, 15) is 17.6 Å². The zero-order chi connectivity index (χ0) is 19.0. The van der Waals surface area contributed by atoms with Crippen molar-refractivity contribution in [1.82, 2.24) is 20.1 Å². The molecule has 2 heterocycles. The van der Waals surface area contributed by atoms with Crippen LogP contribution in [0.15, 0.2) is 29.2 Å². The summed E-state index contributed by atoms with van der Waals surface area (Å²) in [6.07, 6.45) is 4.44. The van der Waals surface area contributed by atoms with Gasteiger partial charge in [-0.15, -0.1) is 0 Å². The van der Waals surface area contributed by atoms with Crippen LogP contribution in [0.2, 0.25) is 0 Å². The Kier molecular flexibility index (Phi) is 5.19. The zero-order valence-corrected chi connectivity index (χ0v) is 15.9. The lowest BCUT2D eigenvalue weighted by Crippen LogP contribution is -2.55. The van der Waals surface area contributed by atoms with Crippen LogP contribution in [0.5, 0.6) is 0 Å². The summed E-state index contributed by atoms with van der Waals surface area (Å²) in [7, 11) is -3.89. The number of sulfonamides is 1. The third-order valence-electron chi connectivity index (χ3n) is 5.94. The van der Waals surface area contributed by atoms with Gasteiger partial charge in [0.2, 0.25) is 15.9 Å². The molecule has 0 radical (unpaired) electrons. The van der Waals surface area contributed by atoms with Gasteiger partial charge < -0.3 is 4.90 Å². The Hall–Kier alpha value is -1.55. The molecule has 0 aromatic heterocycles. The number of hydrogen-bond donors (Lipinski definition) is 2. The van der Waals surface area contributed by atoms with Crippen molar-refractivity contribution < 1.29 is 17.6 Å². The highest BCUT2D eigenvalue weighted by Gasteiger charge is 2.43. The van der Waals surface area contributed by atoms with Gasteiger partial charge in [-0.25, -0.2) is 18.2 Å². The Morgan fingerprint density at radius 3 is 2.48 bits per heavy atom. The summed E-state index contributed by atoms with van der Waals surface area (Å²) >= 11 is 0. The van der Waals surface area contributed by atoms with E-state index in [1.807, 2.05) is 0 Å². The predicted molar refractivity (Wildman–Crippen MR) is 97.5 cm³/mol. The first-order valence-electron chi connectivity index (χ1n) is 9.53. The van der Waals surface area contributed by atoms with E-state index in [-0.39, 0.29) is 29.9 Å². The Bertz CT molecular complexity index is 811. The average Bonchev–Trinajstić information content (AvgIpc) is 3.12. The van der Waals surface area contributed by atoms with E-state index >= 15 is 0 Å². The topological polar surface area (TPSA) is 81.8 Å². The fraction of sp³-hybridized carbons (Fsp3) is 0.611. The number of benzene rings is 1. The van der Waals surface area contributed by atoms with Crippen LogP contribution in [-0.4, -0.2) is 61.8 Å². The van der Waals surface area contributed by atoms with Crippen LogP contribution in [0.25, 0.3) is 0 Å². The van der Waals surface area contributed by atoms with Crippen molar-refractivity contribution in [1.29, 1.82) is 0 Å². The van der Waals surface area contributed by atoms with Crippen LogP contribution in [-0.2, 0) is 14.8 Å². The number of fused-ring (bicyclic) bond motifs is 1. The molecule has 4 rings (SSSR count). The van der Waals surface area contributed by atoms with Gasteiger partial charge in [0.05, 0.1) is 0 Å². The summed E-state index contributed by atoms with van der Waals surface area (Å²) in [5, 5.41) is 0. The maximum absolute atomic E-state index is 13.9. The van der Waals surface area contributed by atoms with Gasteiger partial charge in [-0.1, -0.05) is 25.0 Å². The van der Waals surface area contributed by atoms with Crippen molar-refractivity contribution in [2.45, 2.75) is 42.7 Å². The fourth-order valence-corrected chi connectivity index (χ4v) is 5.91. The molecule has 1 saturated carbocycles. The second kappa shape index (κ2) is 7.46. The monoisotopic (exact) mass is 396 g/mol. The van der Waals surface area contributed by atoms with Crippen molar-refractivity contribution in [2.24, 2.45) is 5.92 Å². The molecule has 0 spiro atoms. The molecule has 0 bridgehead atoms. The normalized spacial score (nSPS) is 29.5. The first kappa shape index (κ1) is 18.8. The number of nitrogens with one attached hydrogen (secondary N) is 2. The van der Waals surface area contributed by atoms with E-state index in [1.165, 1.54) is 28.9 Å². The largest absolute Gasteiger partial charge is 0.339 e. The highest BCUT2D eigenvalue weighted by atomic mass is 32.2. The lowest BCUT2D eigenvalue weighted by atomic mass is 9.81. The highest BCUT2D eigenvalue weighted by Crippen LogP contribution is 2.31. The fourth-order valence-electron chi connectivity index (χ4n) is 4.43. The number of nitrogens with zero attached hydrogens (tertiary/aromatic N) is 2. The van der Waals surface area contributed by atoms with E-state index < -0.39 is 15.8 Å². The number of hydrogen-bond acceptors (Lipinski definition) is 5. The van der Waals surface area contributed by atoms with E-state index in [2.05, 4.69) is 10.9 Å². The lowest BCUT2D eigenvalue weighted by molar-refractivity contribution is -0.135. The van der Waals surface area contributed by atoms with Crippen LogP contribution in [0, 0.1) is 11.7 Å². The van der Waals surface area contributed by atoms with Crippen molar-refractivity contribution in [3.8, 4) is 0 Å². The number of amides is 1. The Morgan fingerprint density at radius 1 is 1.04 bits per heavy atom. The number of rotatable bonds is 3. The zero-order valence-electron chi connectivity index (χ0n) is 15.1. The third-order valence-corrected chi connectivity index (χ3v) is 7.87. The van der Waals surface area contributed by atoms with Crippen LogP contribution in [0.4, 0.5) is 4.39 Å². The van der Waals surface area contributed by atoms with Crippen LogP contribution in [0.3, 0.4) is 0 Å². The molecule has 1 aliphatic carbocycles. The van der Waals surface area contributed by atoms with Crippen LogP contribution >= 0.6 is 0 Å². The maximum Gasteiger partial charge on any atom is 0.246 e. The molecule has 7 nitrogen and oxygen atoms in total. The van der Waals surface area contributed by atoms with Gasteiger partial charge in [0.1, 0.15) is 16.8 Å². The Morgan fingerprint density at radius 2 is 1.74 bits per heavy atom. The molecule has 2 N–H and O–H groups in total. The first-order valence-corrected chi connectivity index (χ1v) is 11.0. The molecular formula is C18H25FN4O3S. The number of halogens is 1. The van der Waals surface area contributed by atoms with Crippen molar-refractivity contribution in [3.63, 3.8) is 0 Å². The average molecular weight is 396 g/mol. The number of carbonyl (C=O) groups excluding carboxylic acids is 1. The molecule has 2 saturated heterocycles. The van der Waals surface area contributed by atoms with E-state index in [0.29, 0.717) is 25.0 Å². The molecule has 1 aromatic rings. The van der Waals surface area contributed by atoms with Gasteiger partial charge in [-0.3, -0.25) is 10.2 Å². The highest BCUT2D eigenvalue weighted by molar-refractivity contribution is 7.89. The Labute approximate surface area is 158 Å². The van der Waals surface area contributed by atoms with Crippen molar-refractivity contribution in [3.05, 3.63) is 30.1 Å². The summed E-state index contributed by atoms with van der Waals surface area (Å²) in [6.45, 7) is 0.997. The third kappa shape index (κ3) is 3.49. The number of hydrazine groups is 1. The molecule has 3 aliphatic rings. The minimum Gasteiger partial charge on any atom is -0.339 e. The minimum atomic E-state index is -3.89.